The lowest BCUT2D eigenvalue weighted by molar-refractivity contribution is 0.00695. The number of nitrogens with one attached hydrogen (secondary N) is 2. The first-order chi connectivity index (χ1) is 21.1. The highest BCUT2D eigenvalue weighted by molar-refractivity contribution is 5.99. The second-order valence-electron chi connectivity index (χ2n) is 11.4. The van der Waals surface area contributed by atoms with Crippen molar-refractivity contribution < 1.29 is 10.2 Å². The molecular formula is C33H40N8O2. The standard InChI is InChI=1S/C33H40N8O2/c34-32-29-26(27-13-17-40(39-27)20-24-10-5-2-6-11-24)21-41(33(29)38-22-37-32)28-18-25(30(42)31(28)43)19-36-15-7-14-35-16-12-23-8-3-1-4-9-23/h1-6,8-11,13,17,21-22,25,28,30-31,35-36,42-43H,7,12,14-16,18-20H2,(H2,34,37,38)/t25-,28-,30-,31+/m1/s1. The second kappa shape index (κ2) is 13.5. The zero-order valence-electron chi connectivity index (χ0n) is 24.3. The van der Waals surface area contributed by atoms with Crippen LogP contribution in [0.15, 0.2) is 85.5 Å². The number of aromatic nitrogens is 5. The van der Waals surface area contributed by atoms with Gasteiger partial charge in [-0.05, 0) is 56.1 Å². The largest absolute Gasteiger partial charge is 0.390 e. The average molecular weight is 581 g/mol. The van der Waals surface area contributed by atoms with Crippen molar-refractivity contribution >= 4 is 16.9 Å². The summed E-state index contributed by atoms with van der Waals surface area (Å²) in [6.45, 7) is 4.00. The number of anilines is 1. The molecule has 1 saturated carbocycles. The van der Waals surface area contributed by atoms with Gasteiger partial charge in [-0.25, -0.2) is 9.97 Å². The van der Waals surface area contributed by atoms with Crippen molar-refractivity contribution in [1.29, 1.82) is 0 Å². The number of aliphatic hydroxyl groups excluding tert-OH is 2. The predicted molar refractivity (Wildman–Crippen MR) is 168 cm³/mol. The van der Waals surface area contributed by atoms with E-state index in [0.717, 1.165) is 49.3 Å². The van der Waals surface area contributed by atoms with Gasteiger partial charge in [-0.2, -0.15) is 5.10 Å². The van der Waals surface area contributed by atoms with Gasteiger partial charge in [0.2, 0.25) is 0 Å². The maximum absolute atomic E-state index is 11.1. The summed E-state index contributed by atoms with van der Waals surface area (Å²) in [6, 6.07) is 22.3. The summed E-state index contributed by atoms with van der Waals surface area (Å²) in [5.41, 5.74) is 11.0. The molecule has 0 saturated heterocycles. The molecule has 10 heteroatoms. The van der Waals surface area contributed by atoms with Gasteiger partial charge < -0.3 is 31.1 Å². The zero-order valence-corrected chi connectivity index (χ0v) is 24.3. The van der Waals surface area contributed by atoms with Crippen molar-refractivity contribution in [2.45, 2.75) is 44.1 Å². The Bertz CT molecular complexity index is 1600. The van der Waals surface area contributed by atoms with Crippen molar-refractivity contribution in [2.75, 3.05) is 31.9 Å². The summed E-state index contributed by atoms with van der Waals surface area (Å²) in [6.07, 6.45) is 6.18. The zero-order chi connectivity index (χ0) is 29.6. The SMILES string of the molecule is Nc1ncnc2c1c(-c1ccn(Cc3ccccc3)n1)cn2[C@@H]1C[C@H](CNCCCNCCc2ccccc2)[C@@H](O)[C@H]1O. The summed E-state index contributed by atoms with van der Waals surface area (Å²) in [4.78, 5) is 8.78. The van der Waals surface area contributed by atoms with Gasteiger partial charge in [-0.1, -0.05) is 60.7 Å². The molecule has 1 fully saturated rings. The summed E-state index contributed by atoms with van der Waals surface area (Å²) in [5.74, 6) is 0.274. The Morgan fingerprint density at radius 2 is 1.60 bits per heavy atom. The Morgan fingerprint density at radius 1 is 0.860 bits per heavy atom. The van der Waals surface area contributed by atoms with Crippen LogP contribution in [-0.4, -0.2) is 72.9 Å². The van der Waals surface area contributed by atoms with Crippen LogP contribution in [0.5, 0.6) is 0 Å². The molecule has 1 aliphatic rings. The predicted octanol–water partition coefficient (Wildman–Crippen LogP) is 3.02. The van der Waals surface area contributed by atoms with Crippen LogP contribution in [0.3, 0.4) is 0 Å². The number of fused-ring (bicyclic) bond motifs is 1. The highest BCUT2D eigenvalue weighted by atomic mass is 16.3. The minimum absolute atomic E-state index is 0.0868. The van der Waals surface area contributed by atoms with Gasteiger partial charge in [0.15, 0.2) is 0 Å². The van der Waals surface area contributed by atoms with E-state index in [2.05, 4.69) is 57.0 Å². The summed E-state index contributed by atoms with van der Waals surface area (Å²) in [5, 5.41) is 34.6. The van der Waals surface area contributed by atoms with E-state index in [1.54, 1.807) is 0 Å². The molecule has 4 atom stereocenters. The maximum atomic E-state index is 11.1. The third-order valence-electron chi connectivity index (χ3n) is 8.42. The molecule has 0 unspecified atom stereocenters. The number of nitrogens with two attached hydrogens (primary N) is 1. The second-order valence-corrected chi connectivity index (χ2v) is 11.4. The first-order valence-corrected chi connectivity index (χ1v) is 15.1. The molecule has 0 spiro atoms. The molecular weight excluding hydrogens is 540 g/mol. The van der Waals surface area contributed by atoms with E-state index in [4.69, 9.17) is 10.8 Å². The fraction of sp³-hybridized carbons (Fsp3) is 0.364. The summed E-state index contributed by atoms with van der Waals surface area (Å²) >= 11 is 0. The molecule has 2 aromatic carbocycles. The van der Waals surface area contributed by atoms with Crippen molar-refractivity contribution in [3.8, 4) is 11.3 Å². The molecule has 6 N–H and O–H groups in total. The molecule has 6 rings (SSSR count). The Hall–Kier alpha value is -4.09. The lowest BCUT2D eigenvalue weighted by Crippen LogP contribution is -2.34. The van der Waals surface area contributed by atoms with Gasteiger partial charge in [0.05, 0.1) is 29.8 Å². The van der Waals surface area contributed by atoms with E-state index in [9.17, 15) is 10.2 Å². The van der Waals surface area contributed by atoms with Crippen molar-refractivity contribution in [3.63, 3.8) is 0 Å². The average Bonchev–Trinajstić information content (AvgIpc) is 3.72. The Labute approximate surface area is 251 Å². The Balaban J connectivity index is 1.08. The Kier molecular flexibility index (Phi) is 9.09. The van der Waals surface area contributed by atoms with E-state index >= 15 is 0 Å². The highest BCUT2D eigenvalue weighted by Gasteiger charge is 2.43. The van der Waals surface area contributed by atoms with Crippen molar-refractivity contribution in [3.05, 3.63) is 96.6 Å². The van der Waals surface area contributed by atoms with Crippen LogP contribution >= 0.6 is 0 Å². The smallest absolute Gasteiger partial charge is 0.146 e. The van der Waals surface area contributed by atoms with E-state index < -0.39 is 12.2 Å². The molecule has 0 amide bonds. The highest BCUT2D eigenvalue weighted by Crippen LogP contribution is 2.40. The van der Waals surface area contributed by atoms with Crippen LogP contribution in [0, 0.1) is 5.92 Å². The number of hydrogen-bond donors (Lipinski definition) is 5. The van der Waals surface area contributed by atoms with Gasteiger partial charge in [0.1, 0.15) is 23.9 Å². The molecule has 0 bridgehead atoms. The molecule has 10 nitrogen and oxygen atoms in total. The normalized spacial score (nSPS) is 20.2. The van der Waals surface area contributed by atoms with E-state index in [1.807, 2.05) is 52.0 Å². The first kappa shape index (κ1) is 29.0. The van der Waals surface area contributed by atoms with Crippen LogP contribution in [-0.2, 0) is 13.0 Å². The maximum Gasteiger partial charge on any atom is 0.146 e. The van der Waals surface area contributed by atoms with E-state index in [1.165, 1.54) is 11.9 Å². The third-order valence-corrected chi connectivity index (χ3v) is 8.42. The first-order valence-electron chi connectivity index (χ1n) is 15.1. The van der Waals surface area contributed by atoms with Gasteiger partial charge in [-0.3, -0.25) is 4.68 Å². The molecule has 1 aliphatic carbocycles. The topological polar surface area (TPSA) is 139 Å². The van der Waals surface area contributed by atoms with Gasteiger partial charge in [0, 0.05) is 30.4 Å². The monoisotopic (exact) mass is 580 g/mol. The number of rotatable bonds is 13. The number of aliphatic hydroxyl groups is 2. The van der Waals surface area contributed by atoms with E-state index in [0.29, 0.717) is 36.4 Å². The number of benzene rings is 2. The van der Waals surface area contributed by atoms with Crippen LogP contribution in [0.4, 0.5) is 5.82 Å². The molecule has 3 aromatic heterocycles. The quantitative estimate of drug-likeness (QED) is 0.134. The van der Waals surface area contributed by atoms with Gasteiger partial charge in [0.25, 0.3) is 0 Å². The molecule has 0 aliphatic heterocycles. The lowest BCUT2D eigenvalue weighted by Gasteiger charge is -2.19. The fourth-order valence-electron chi connectivity index (χ4n) is 6.13. The minimum atomic E-state index is -0.929. The minimum Gasteiger partial charge on any atom is -0.390 e. The van der Waals surface area contributed by atoms with Crippen LogP contribution in [0.25, 0.3) is 22.3 Å². The molecule has 0 radical (unpaired) electrons. The van der Waals surface area contributed by atoms with Crippen molar-refractivity contribution in [1.82, 2.24) is 34.9 Å². The summed E-state index contributed by atoms with van der Waals surface area (Å²) in [7, 11) is 0. The van der Waals surface area contributed by atoms with Crippen LogP contribution in [0.2, 0.25) is 0 Å². The molecule has 3 heterocycles. The number of nitrogen functional groups attached to an aromatic ring is 1. The van der Waals surface area contributed by atoms with Crippen molar-refractivity contribution in [2.24, 2.45) is 5.92 Å². The van der Waals surface area contributed by atoms with E-state index in [-0.39, 0.29) is 12.0 Å². The number of nitrogens with zero attached hydrogens (tertiary/aromatic N) is 5. The number of hydrogen-bond acceptors (Lipinski definition) is 8. The van der Waals surface area contributed by atoms with Gasteiger partial charge >= 0.3 is 0 Å². The lowest BCUT2D eigenvalue weighted by atomic mass is 10.1. The fourth-order valence-corrected chi connectivity index (χ4v) is 6.13. The summed E-state index contributed by atoms with van der Waals surface area (Å²) < 4.78 is 3.84. The molecule has 5 aromatic rings. The van der Waals surface area contributed by atoms with Gasteiger partial charge in [-0.15, -0.1) is 0 Å². The van der Waals surface area contributed by atoms with Crippen LogP contribution in [0.1, 0.15) is 30.0 Å². The third kappa shape index (κ3) is 6.62. The molecule has 43 heavy (non-hydrogen) atoms. The Morgan fingerprint density at radius 3 is 2.40 bits per heavy atom. The molecule has 224 valence electrons. The van der Waals surface area contributed by atoms with Crippen LogP contribution < -0.4 is 16.4 Å².